The number of nitrogens with two attached hydrogens (primary N) is 1. The van der Waals surface area contributed by atoms with E-state index < -0.39 is 54.5 Å². The zero-order chi connectivity index (χ0) is 25.4. The van der Waals surface area contributed by atoms with Crippen molar-refractivity contribution in [1.82, 2.24) is 15.5 Å². The number of rotatable bonds is 11. The van der Waals surface area contributed by atoms with E-state index >= 15 is 0 Å². The van der Waals surface area contributed by atoms with Gasteiger partial charge in [0.15, 0.2) is 0 Å². The number of benzene rings is 1. The lowest BCUT2D eigenvalue weighted by atomic mass is 10.0. The third kappa shape index (κ3) is 7.42. The van der Waals surface area contributed by atoms with Crippen molar-refractivity contribution in [2.75, 3.05) is 13.2 Å². The summed E-state index contributed by atoms with van der Waals surface area (Å²) < 4.78 is 0. The molecular formula is C23H34N4O7. The van der Waals surface area contributed by atoms with Gasteiger partial charge in [0, 0.05) is 6.54 Å². The Morgan fingerprint density at radius 3 is 2.32 bits per heavy atom. The predicted molar refractivity (Wildman–Crippen MR) is 123 cm³/mol. The van der Waals surface area contributed by atoms with Gasteiger partial charge < -0.3 is 36.6 Å². The molecule has 188 valence electrons. The van der Waals surface area contributed by atoms with Gasteiger partial charge >= 0.3 is 5.97 Å². The van der Waals surface area contributed by atoms with Gasteiger partial charge in [0.05, 0.1) is 12.6 Å². The van der Waals surface area contributed by atoms with Gasteiger partial charge in [-0.2, -0.15) is 0 Å². The smallest absolute Gasteiger partial charge is 0.326 e. The summed E-state index contributed by atoms with van der Waals surface area (Å²) in [5, 5.41) is 33.1. The summed E-state index contributed by atoms with van der Waals surface area (Å²) in [5.74, 6) is -2.95. The van der Waals surface area contributed by atoms with Gasteiger partial charge in [-0.3, -0.25) is 14.4 Å². The summed E-state index contributed by atoms with van der Waals surface area (Å²) in [5.41, 5.74) is 6.84. The highest BCUT2D eigenvalue weighted by Crippen LogP contribution is 2.20. The first kappa shape index (κ1) is 27.1. The van der Waals surface area contributed by atoms with Crippen LogP contribution in [0.25, 0.3) is 0 Å². The van der Waals surface area contributed by atoms with E-state index in [9.17, 15) is 34.5 Å². The van der Waals surface area contributed by atoms with Crippen molar-refractivity contribution in [3.8, 4) is 5.75 Å². The highest BCUT2D eigenvalue weighted by atomic mass is 16.4. The monoisotopic (exact) mass is 478 g/mol. The third-order valence-electron chi connectivity index (χ3n) is 5.68. The van der Waals surface area contributed by atoms with E-state index in [1.54, 1.807) is 12.1 Å². The van der Waals surface area contributed by atoms with Gasteiger partial charge in [-0.15, -0.1) is 0 Å². The Labute approximate surface area is 198 Å². The molecule has 0 bridgehead atoms. The first-order valence-electron chi connectivity index (χ1n) is 11.3. The van der Waals surface area contributed by atoms with E-state index in [0.29, 0.717) is 19.4 Å². The summed E-state index contributed by atoms with van der Waals surface area (Å²) in [4.78, 5) is 51.1. The Hall–Kier alpha value is -3.18. The largest absolute Gasteiger partial charge is 0.508 e. The second-order valence-electron chi connectivity index (χ2n) is 8.94. The number of aliphatic hydroxyl groups is 1. The molecule has 1 fully saturated rings. The minimum atomic E-state index is -1.36. The number of likely N-dealkylation sites (tertiary alicyclic amines) is 1. The molecule has 0 spiro atoms. The molecule has 1 aliphatic rings. The Kier molecular flexibility index (Phi) is 9.82. The van der Waals surface area contributed by atoms with Crippen LogP contribution in [-0.4, -0.2) is 81.2 Å². The number of nitrogens with one attached hydrogen (secondary N) is 2. The molecular weight excluding hydrogens is 444 g/mol. The van der Waals surface area contributed by atoms with E-state index in [0.717, 1.165) is 5.56 Å². The zero-order valence-corrected chi connectivity index (χ0v) is 19.4. The number of phenols is 1. The fraction of sp³-hybridized carbons (Fsp3) is 0.565. The number of carbonyl (C=O) groups is 4. The van der Waals surface area contributed by atoms with Crippen LogP contribution in [0.5, 0.6) is 5.75 Å². The van der Waals surface area contributed by atoms with Gasteiger partial charge in [-0.1, -0.05) is 26.0 Å². The average molecular weight is 479 g/mol. The molecule has 3 amide bonds. The summed E-state index contributed by atoms with van der Waals surface area (Å²) in [6.45, 7) is 3.22. The van der Waals surface area contributed by atoms with E-state index in [1.807, 2.05) is 13.8 Å². The van der Waals surface area contributed by atoms with Crippen LogP contribution in [-0.2, 0) is 25.6 Å². The highest BCUT2D eigenvalue weighted by Gasteiger charge is 2.38. The van der Waals surface area contributed by atoms with Gasteiger partial charge in [0.25, 0.3) is 0 Å². The summed E-state index contributed by atoms with van der Waals surface area (Å²) in [6.07, 6.45) is 1.35. The maximum Gasteiger partial charge on any atom is 0.326 e. The van der Waals surface area contributed by atoms with Crippen molar-refractivity contribution in [2.24, 2.45) is 11.7 Å². The number of carboxylic acids is 1. The number of nitrogens with zero attached hydrogens (tertiary/aromatic N) is 1. The van der Waals surface area contributed by atoms with Crippen molar-refractivity contribution >= 4 is 23.7 Å². The van der Waals surface area contributed by atoms with Crippen LogP contribution in [0, 0.1) is 5.92 Å². The van der Waals surface area contributed by atoms with Crippen LogP contribution in [0.1, 0.15) is 38.7 Å². The minimum absolute atomic E-state index is 0.00686. The first-order chi connectivity index (χ1) is 16.0. The van der Waals surface area contributed by atoms with E-state index in [1.165, 1.54) is 17.0 Å². The highest BCUT2D eigenvalue weighted by molar-refractivity contribution is 5.94. The number of amides is 3. The SMILES string of the molecule is CC(C)CC(NC(=O)C(CO)NC(=O)C1CCCN1C(=O)C(N)Cc1ccc(O)cc1)C(=O)O. The molecule has 0 aromatic heterocycles. The van der Waals surface area contributed by atoms with Crippen molar-refractivity contribution in [3.63, 3.8) is 0 Å². The van der Waals surface area contributed by atoms with Gasteiger partial charge in [0.2, 0.25) is 17.7 Å². The standard InChI is InChI=1S/C23H34N4O7/c1-13(2)10-17(23(33)34)25-20(30)18(12-28)26-21(31)19-4-3-9-27(19)22(32)16(24)11-14-5-7-15(29)8-6-14/h5-8,13,16-19,28-29H,3-4,9-12,24H2,1-2H3,(H,25,30)(H,26,31)(H,33,34). The molecule has 2 rings (SSSR count). The second kappa shape index (κ2) is 12.3. The number of carbonyl (C=O) groups excluding carboxylic acids is 3. The van der Waals surface area contributed by atoms with Crippen molar-refractivity contribution in [3.05, 3.63) is 29.8 Å². The van der Waals surface area contributed by atoms with E-state index in [2.05, 4.69) is 10.6 Å². The first-order valence-corrected chi connectivity index (χ1v) is 11.3. The lowest BCUT2D eigenvalue weighted by Crippen LogP contribution is -2.57. The molecule has 1 aliphatic heterocycles. The van der Waals surface area contributed by atoms with Crippen LogP contribution < -0.4 is 16.4 Å². The quantitative estimate of drug-likeness (QED) is 0.242. The molecule has 1 saturated heterocycles. The van der Waals surface area contributed by atoms with E-state index in [4.69, 9.17) is 5.73 Å². The maximum absolute atomic E-state index is 12.9. The summed E-state index contributed by atoms with van der Waals surface area (Å²) in [7, 11) is 0. The van der Waals surface area contributed by atoms with Crippen LogP contribution in [0.2, 0.25) is 0 Å². The van der Waals surface area contributed by atoms with Crippen LogP contribution in [0.15, 0.2) is 24.3 Å². The average Bonchev–Trinajstić information content (AvgIpc) is 3.27. The number of aliphatic carboxylic acids is 1. The molecule has 34 heavy (non-hydrogen) atoms. The topological polar surface area (TPSA) is 182 Å². The molecule has 0 radical (unpaired) electrons. The number of phenolic OH excluding ortho intramolecular Hbond substituents is 1. The number of aliphatic hydroxyl groups excluding tert-OH is 1. The lowest BCUT2D eigenvalue weighted by Gasteiger charge is -2.28. The molecule has 11 heteroatoms. The maximum atomic E-state index is 12.9. The normalized spacial score (nSPS) is 18.3. The Balaban J connectivity index is 2.00. The Bertz CT molecular complexity index is 875. The van der Waals surface area contributed by atoms with E-state index in [-0.39, 0.29) is 24.5 Å². The number of hydrogen-bond donors (Lipinski definition) is 6. The van der Waals surface area contributed by atoms with Crippen LogP contribution >= 0.6 is 0 Å². The lowest BCUT2D eigenvalue weighted by molar-refractivity contribution is -0.143. The van der Waals surface area contributed by atoms with Crippen molar-refractivity contribution in [2.45, 2.75) is 63.7 Å². The van der Waals surface area contributed by atoms with Gasteiger partial charge in [-0.25, -0.2) is 4.79 Å². The van der Waals surface area contributed by atoms with Gasteiger partial charge in [-0.05, 0) is 49.3 Å². The minimum Gasteiger partial charge on any atom is -0.508 e. The van der Waals surface area contributed by atoms with Crippen LogP contribution in [0.3, 0.4) is 0 Å². The third-order valence-corrected chi connectivity index (χ3v) is 5.68. The predicted octanol–water partition coefficient (Wildman–Crippen LogP) is -0.654. The molecule has 4 unspecified atom stereocenters. The number of carboxylic acid groups (broad SMARTS) is 1. The van der Waals surface area contributed by atoms with Crippen molar-refractivity contribution in [1.29, 1.82) is 0 Å². The molecule has 1 aromatic carbocycles. The van der Waals surface area contributed by atoms with Crippen LogP contribution in [0.4, 0.5) is 0 Å². The number of hydrogen-bond acceptors (Lipinski definition) is 7. The Morgan fingerprint density at radius 2 is 1.76 bits per heavy atom. The second-order valence-corrected chi connectivity index (χ2v) is 8.94. The Morgan fingerprint density at radius 1 is 1.12 bits per heavy atom. The van der Waals surface area contributed by atoms with Gasteiger partial charge in [0.1, 0.15) is 23.9 Å². The summed E-state index contributed by atoms with van der Waals surface area (Å²) in [6, 6.07) is 2.04. The molecule has 1 aromatic rings. The zero-order valence-electron chi connectivity index (χ0n) is 19.4. The molecule has 0 saturated carbocycles. The molecule has 11 nitrogen and oxygen atoms in total. The fourth-order valence-electron chi connectivity index (χ4n) is 3.92. The molecule has 1 heterocycles. The summed E-state index contributed by atoms with van der Waals surface area (Å²) >= 11 is 0. The molecule has 0 aliphatic carbocycles. The fourth-order valence-corrected chi connectivity index (χ4v) is 3.92. The molecule has 7 N–H and O–H groups in total. The van der Waals surface area contributed by atoms with Crippen molar-refractivity contribution < 1.29 is 34.5 Å². The number of aromatic hydroxyl groups is 1. The molecule has 4 atom stereocenters.